The molecule has 0 aromatic rings. The molecule has 0 unspecified atom stereocenters. The first-order valence-electron chi connectivity index (χ1n) is 4.32. The van der Waals surface area contributed by atoms with E-state index in [-0.39, 0.29) is 51.4 Å². The van der Waals surface area contributed by atoms with Crippen LogP contribution in [0.15, 0.2) is 0 Å². The van der Waals surface area contributed by atoms with Crippen LogP contribution < -0.4 is 0 Å². The second-order valence-corrected chi connectivity index (χ2v) is 2.05. The Bertz CT molecular complexity index is 136. The molecule has 0 saturated carbocycles. The van der Waals surface area contributed by atoms with Gasteiger partial charge in [-0.3, -0.25) is 4.89 Å². The van der Waals surface area contributed by atoms with E-state index in [9.17, 15) is 4.79 Å². The second kappa shape index (κ2) is 12.1. The number of hydrogen-bond donors (Lipinski definition) is 0. The van der Waals surface area contributed by atoms with Gasteiger partial charge in [0.1, 0.15) is 0 Å². The van der Waals surface area contributed by atoms with Crippen molar-refractivity contribution in [1.82, 2.24) is 0 Å². The summed E-state index contributed by atoms with van der Waals surface area (Å²) in [6.07, 6.45) is -0.985. The molecule has 0 atom stereocenters. The van der Waals surface area contributed by atoms with Crippen molar-refractivity contribution in [1.29, 1.82) is 0 Å². The van der Waals surface area contributed by atoms with Gasteiger partial charge in [0.2, 0.25) is 0 Å². The number of hydrogen-bond acceptors (Lipinski definition) is 5. The number of rotatable bonds is 7. The average Bonchev–Trinajstić information content (AvgIpc) is 2.14. The molecule has 0 heterocycles. The van der Waals surface area contributed by atoms with E-state index in [1.807, 2.05) is 0 Å². The summed E-state index contributed by atoms with van der Waals surface area (Å²) in [4.78, 5) is 19.9. The van der Waals surface area contributed by atoms with E-state index in [0.29, 0.717) is 19.8 Å². The Hall–Kier alpha value is 0.986. The summed E-state index contributed by atoms with van der Waals surface area (Å²) in [7, 11) is 0. The minimum atomic E-state index is -0.985. The van der Waals surface area contributed by atoms with Gasteiger partial charge < -0.3 is 9.47 Å². The van der Waals surface area contributed by atoms with Gasteiger partial charge in [0, 0.05) is 13.2 Å². The molecule has 0 rings (SSSR count). The third-order valence-electron chi connectivity index (χ3n) is 1.09. The Balaban J connectivity index is 0. The van der Waals surface area contributed by atoms with Gasteiger partial charge in [-0.15, -0.1) is 0 Å². The maximum atomic E-state index is 11.1. The van der Waals surface area contributed by atoms with Crippen molar-refractivity contribution in [3.05, 3.63) is 0 Å². The fourth-order valence-corrected chi connectivity index (χ4v) is 0.643. The van der Waals surface area contributed by atoms with Crippen molar-refractivity contribution in [2.45, 2.75) is 27.1 Å². The van der Waals surface area contributed by atoms with Gasteiger partial charge in [0.05, 0.1) is 6.61 Å². The molecule has 80 valence electrons. The molecule has 0 radical (unpaired) electrons. The van der Waals surface area contributed by atoms with E-state index >= 15 is 0 Å². The fourth-order valence-electron chi connectivity index (χ4n) is 0.643. The Kier molecular flexibility index (Phi) is 15.0. The number of carbonyl (C=O) groups is 1. The Morgan fingerprint density at radius 3 is 1.93 bits per heavy atom. The number of ether oxygens (including phenoxy) is 2. The first kappa shape index (κ1) is 17.4. The summed E-state index contributed by atoms with van der Waals surface area (Å²) in [5, 5.41) is 0. The topological polar surface area (TPSA) is 54.0 Å². The van der Waals surface area contributed by atoms with Crippen LogP contribution in [0.2, 0.25) is 0 Å². The van der Waals surface area contributed by atoms with E-state index in [1.54, 1.807) is 20.8 Å². The van der Waals surface area contributed by atoms with Gasteiger partial charge in [-0.05, 0) is 20.8 Å². The number of carbonyl (C=O) groups excluding carboxylic acids is 1. The van der Waals surface area contributed by atoms with E-state index in [2.05, 4.69) is 9.78 Å². The van der Waals surface area contributed by atoms with Crippen molar-refractivity contribution in [2.24, 2.45) is 0 Å². The first-order chi connectivity index (χ1) is 6.26. The fraction of sp³-hybridized carbons (Fsp3) is 0.875. The third-order valence-corrected chi connectivity index (χ3v) is 1.09. The van der Waals surface area contributed by atoms with Crippen molar-refractivity contribution < 1.29 is 24.0 Å². The molecule has 5 nitrogen and oxygen atoms in total. The van der Waals surface area contributed by atoms with Gasteiger partial charge in [-0.2, -0.15) is 4.89 Å². The van der Waals surface area contributed by atoms with E-state index in [1.165, 1.54) is 0 Å². The van der Waals surface area contributed by atoms with Crippen LogP contribution in [-0.4, -0.2) is 83.5 Å². The molecule has 0 saturated heterocycles. The standard InChI is InChI=1S/C8H16O5.K.H/c1-4-10-8(11-5-2)7(9)13-12-6-3;;/h8H,4-6H2,1-3H3;;. The summed E-state index contributed by atoms with van der Waals surface area (Å²) >= 11 is 0. The normalized spacial score (nSPS) is 9.71. The van der Waals surface area contributed by atoms with E-state index in [4.69, 9.17) is 9.47 Å². The molecule has 0 aliphatic heterocycles. The monoisotopic (exact) mass is 232 g/mol. The van der Waals surface area contributed by atoms with Crippen molar-refractivity contribution in [2.75, 3.05) is 19.8 Å². The van der Waals surface area contributed by atoms with Gasteiger partial charge in [-0.1, -0.05) is 0 Å². The molecule has 6 heteroatoms. The van der Waals surface area contributed by atoms with Gasteiger partial charge in [0.25, 0.3) is 6.29 Å². The molecule has 0 aliphatic rings. The zero-order valence-corrected chi connectivity index (χ0v) is 8.24. The van der Waals surface area contributed by atoms with Crippen molar-refractivity contribution in [3.8, 4) is 0 Å². The van der Waals surface area contributed by atoms with E-state index in [0.717, 1.165) is 0 Å². The van der Waals surface area contributed by atoms with Crippen LogP contribution in [-0.2, 0) is 24.0 Å². The van der Waals surface area contributed by atoms with Crippen molar-refractivity contribution in [3.63, 3.8) is 0 Å². The van der Waals surface area contributed by atoms with Crippen LogP contribution in [0.5, 0.6) is 0 Å². The molecular formula is C8H17KO5. The van der Waals surface area contributed by atoms with Crippen LogP contribution in [0.1, 0.15) is 20.8 Å². The zero-order chi connectivity index (χ0) is 10.1. The zero-order valence-electron chi connectivity index (χ0n) is 8.24. The maximum absolute atomic E-state index is 11.1. The molecule has 0 aromatic heterocycles. The molecule has 0 amide bonds. The summed E-state index contributed by atoms with van der Waals surface area (Å²) in [6.45, 7) is 6.30. The SMILES string of the molecule is CCOOC(=O)C(OCC)OCC.[KH]. The molecule has 14 heavy (non-hydrogen) atoms. The molecule has 0 fully saturated rings. The molecule has 0 aliphatic carbocycles. The Morgan fingerprint density at radius 1 is 1.07 bits per heavy atom. The van der Waals surface area contributed by atoms with Gasteiger partial charge >= 0.3 is 57.4 Å². The molecule has 0 aromatic carbocycles. The molecule has 0 bridgehead atoms. The van der Waals surface area contributed by atoms with Crippen molar-refractivity contribution >= 4 is 57.4 Å². The summed E-state index contributed by atoms with van der Waals surface area (Å²) < 4.78 is 9.93. The quantitative estimate of drug-likeness (QED) is 0.272. The van der Waals surface area contributed by atoms with Crippen LogP contribution in [0.25, 0.3) is 0 Å². The molecule has 0 N–H and O–H groups in total. The van der Waals surface area contributed by atoms with Gasteiger partial charge in [-0.25, -0.2) is 4.79 Å². The molecular weight excluding hydrogens is 215 g/mol. The summed E-state index contributed by atoms with van der Waals surface area (Å²) in [5.41, 5.74) is 0. The van der Waals surface area contributed by atoms with Crippen LogP contribution >= 0.6 is 0 Å². The van der Waals surface area contributed by atoms with Crippen LogP contribution in [0.3, 0.4) is 0 Å². The Morgan fingerprint density at radius 2 is 1.57 bits per heavy atom. The second-order valence-electron chi connectivity index (χ2n) is 2.05. The predicted octanol–water partition coefficient (Wildman–Crippen LogP) is 0.232. The average molecular weight is 232 g/mol. The molecule has 0 spiro atoms. The predicted molar refractivity (Wildman–Crippen MR) is 51.9 cm³/mol. The third kappa shape index (κ3) is 8.31. The summed E-state index contributed by atoms with van der Waals surface area (Å²) in [5.74, 6) is -0.662. The van der Waals surface area contributed by atoms with Crippen LogP contribution in [0, 0.1) is 0 Å². The van der Waals surface area contributed by atoms with Crippen LogP contribution in [0.4, 0.5) is 0 Å². The van der Waals surface area contributed by atoms with Gasteiger partial charge in [0.15, 0.2) is 0 Å². The Labute approximate surface area is 127 Å². The minimum absolute atomic E-state index is 0. The van der Waals surface area contributed by atoms with E-state index < -0.39 is 12.3 Å². The summed E-state index contributed by atoms with van der Waals surface area (Å²) in [6, 6.07) is 0. The first-order valence-corrected chi connectivity index (χ1v) is 4.32.